The highest BCUT2D eigenvalue weighted by molar-refractivity contribution is 7.80. The number of H-pyrrole nitrogens is 1. The van der Waals surface area contributed by atoms with Crippen LogP contribution in [-0.2, 0) is 4.74 Å². The maximum atomic E-state index is 12.9. The number of pyridine rings is 1. The Morgan fingerprint density at radius 3 is 2.76 bits per heavy atom. The molecular formula is C25H27ClN4O2S. The Morgan fingerprint density at radius 2 is 2.09 bits per heavy atom. The van der Waals surface area contributed by atoms with E-state index >= 15 is 0 Å². The van der Waals surface area contributed by atoms with Gasteiger partial charge in [0.15, 0.2) is 5.11 Å². The van der Waals surface area contributed by atoms with E-state index in [4.69, 9.17) is 28.6 Å². The lowest BCUT2D eigenvalue weighted by atomic mass is 10.0. The SMILES string of the molecule is Cc1cc(C(C)c2ccc(NC(=S)NCC3CCCO3)cn2)[nH]c1C(=O)c1ccc(Cl)cc1. The van der Waals surface area contributed by atoms with E-state index in [2.05, 4.69) is 27.5 Å². The molecule has 1 aliphatic heterocycles. The van der Waals surface area contributed by atoms with Crippen molar-refractivity contribution in [3.63, 3.8) is 0 Å². The second-order valence-corrected chi connectivity index (χ2v) is 9.13. The number of aromatic nitrogens is 2. The molecule has 2 atom stereocenters. The number of aromatic amines is 1. The van der Waals surface area contributed by atoms with Crippen molar-refractivity contribution in [2.75, 3.05) is 18.5 Å². The summed E-state index contributed by atoms with van der Waals surface area (Å²) in [5.41, 5.74) is 4.73. The van der Waals surface area contributed by atoms with Gasteiger partial charge in [0, 0.05) is 41.0 Å². The summed E-state index contributed by atoms with van der Waals surface area (Å²) in [4.78, 5) is 20.8. The highest BCUT2D eigenvalue weighted by Gasteiger charge is 2.19. The van der Waals surface area contributed by atoms with E-state index in [1.165, 1.54) is 0 Å². The summed E-state index contributed by atoms with van der Waals surface area (Å²) in [6.45, 7) is 5.52. The van der Waals surface area contributed by atoms with Crippen molar-refractivity contribution in [2.45, 2.75) is 38.7 Å². The second-order valence-electron chi connectivity index (χ2n) is 8.28. The Labute approximate surface area is 204 Å². The minimum Gasteiger partial charge on any atom is -0.376 e. The van der Waals surface area contributed by atoms with E-state index in [1.54, 1.807) is 30.5 Å². The topological polar surface area (TPSA) is 79.0 Å². The van der Waals surface area contributed by atoms with E-state index in [0.717, 1.165) is 42.1 Å². The fourth-order valence-electron chi connectivity index (χ4n) is 3.88. The van der Waals surface area contributed by atoms with Crippen LogP contribution < -0.4 is 10.6 Å². The van der Waals surface area contributed by atoms with E-state index in [1.807, 2.05) is 25.1 Å². The fourth-order valence-corrected chi connectivity index (χ4v) is 4.21. The number of hydrogen-bond donors (Lipinski definition) is 3. The maximum Gasteiger partial charge on any atom is 0.209 e. The predicted octanol–water partition coefficient (Wildman–Crippen LogP) is 5.22. The van der Waals surface area contributed by atoms with Crippen LogP contribution in [0.5, 0.6) is 0 Å². The summed E-state index contributed by atoms with van der Waals surface area (Å²) >= 11 is 11.3. The van der Waals surface area contributed by atoms with Crippen molar-refractivity contribution >= 4 is 40.4 Å². The molecule has 3 N–H and O–H groups in total. The molecule has 0 bridgehead atoms. The van der Waals surface area contributed by atoms with Gasteiger partial charge in [-0.05, 0) is 80.0 Å². The van der Waals surface area contributed by atoms with Crippen LogP contribution in [0.25, 0.3) is 0 Å². The lowest BCUT2D eigenvalue weighted by Crippen LogP contribution is -2.34. The molecule has 1 aromatic carbocycles. The first-order valence-electron chi connectivity index (χ1n) is 11.0. The molecule has 0 radical (unpaired) electrons. The van der Waals surface area contributed by atoms with Crippen molar-refractivity contribution < 1.29 is 9.53 Å². The molecule has 3 aromatic rings. The molecule has 0 spiro atoms. The Hall–Kier alpha value is -2.74. The monoisotopic (exact) mass is 482 g/mol. The average Bonchev–Trinajstić information content (AvgIpc) is 3.47. The first kappa shape index (κ1) is 23.4. The Kier molecular flexibility index (Phi) is 7.42. The third kappa shape index (κ3) is 5.79. The molecule has 2 aromatic heterocycles. The lowest BCUT2D eigenvalue weighted by molar-refractivity contribution is 0.103. The molecule has 33 heavy (non-hydrogen) atoms. The molecule has 4 rings (SSSR count). The van der Waals surface area contributed by atoms with Gasteiger partial charge < -0.3 is 20.4 Å². The maximum absolute atomic E-state index is 12.9. The van der Waals surface area contributed by atoms with Gasteiger partial charge >= 0.3 is 0 Å². The van der Waals surface area contributed by atoms with Crippen molar-refractivity contribution in [1.82, 2.24) is 15.3 Å². The molecule has 2 unspecified atom stereocenters. The number of thiocarbonyl (C=S) groups is 1. The smallest absolute Gasteiger partial charge is 0.209 e. The molecule has 0 aliphatic carbocycles. The summed E-state index contributed by atoms with van der Waals surface area (Å²) in [6, 6.07) is 12.8. The van der Waals surface area contributed by atoms with Crippen molar-refractivity contribution in [2.24, 2.45) is 0 Å². The summed E-state index contributed by atoms with van der Waals surface area (Å²) in [5.74, 6) is -0.0618. The zero-order valence-corrected chi connectivity index (χ0v) is 20.2. The molecule has 3 heterocycles. The molecule has 0 saturated carbocycles. The van der Waals surface area contributed by atoms with E-state index in [0.29, 0.717) is 27.9 Å². The molecule has 1 fully saturated rings. The molecule has 0 amide bonds. The number of ketones is 1. The Balaban J connectivity index is 1.39. The molecular weight excluding hydrogens is 456 g/mol. The van der Waals surface area contributed by atoms with Gasteiger partial charge in [0.2, 0.25) is 5.78 Å². The number of benzene rings is 1. The number of ether oxygens (including phenoxy) is 1. The van der Waals surface area contributed by atoms with E-state index < -0.39 is 0 Å². The number of anilines is 1. The van der Waals surface area contributed by atoms with Gasteiger partial charge in [-0.2, -0.15) is 0 Å². The zero-order valence-electron chi connectivity index (χ0n) is 18.7. The minimum absolute atomic E-state index is 0.00545. The quantitative estimate of drug-likeness (QED) is 0.316. The van der Waals surface area contributed by atoms with Gasteiger partial charge in [0.05, 0.1) is 23.7 Å². The number of aryl methyl sites for hydroxylation is 1. The largest absolute Gasteiger partial charge is 0.376 e. The van der Waals surface area contributed by atoms with Gasteiger partial charge in [-0.1, -0.05) is 18.5 Å². The van der Waals surface area contributed by atoms with Gasteiger partial charge in [0.25, 0.3) is 0 Å². The van der Waals surface area contributed by atoms with Crippen molar-refractivity contribution in [3.05, 3.63) is 81.9 Å². The first-order chi connectivity index (χ1) is 15.9. The van der Waals surface area contributed by atoms with Crippen LogP contribution >= 0.6 is 23.8 Å². The lowest BCUT2D eigenvalue weighted by Gasteiger charge is -2.14. The molecule has 8 heteroatoms. The van der Waals surface area contributed by atoms with Crippen LogP contribution in [0.2, 0.25) is 5.02 Å². The van der Waals surface area contributed by atoms with Crippen molar-refractivity contribution in [3.8, 4) is 0 Å². The number of nitrogens with zero attached hydrogens (tertiary/aromatic N) is 1. The van der Waals surface area contributed by atoms with E-state index in [9.17, 15) is 4.79 Å². The summed E-state index contributed by atoms with van der Waals surface area (Å²) < 4.78 is 5.60. The molecule has 1 aliphatic rings. The first-order valence-corrected chi connectivity index (χ1v) is 11.8. The van der Waals surface area contributed by atoms with Gasteiger partial charge in [-0.3, -0.25) is 9.78 Å². The second kappa shape index (κ2) is 10.5. The Bertz CT molecular complexity index is 1120. The standard InChI is InChI=1S/C25H27ClN4O2S/c1-15-12-22(30-23(15)24(31)17-5-7-18(26)8-6-17)16(2)21-10-9-19(13-27-21)29-25(33)28-14-20-4-3-11-32-20/h5-10,12-13,16,20,30H,3-4,11,14H2,1-2H3,(H2,28,29,33). The molecule has 1 saturated heterocycles. The third-order valence-electron chi connectivity index (χ3n) is 5.84. The van der Waals surface area contributed by atoms with Crippen LogP contribution in [0.4, 0.5) is 5.69 Å². The predicted molar refractivity (Wildman–Crippen MR) is 135 cm³/mol. The number of hydrogen-bond acceptors (Lipinski definition) is 4. The number of carbonyl (C=O) groups excluding carboxylic acids is 1. The number of nitrogens with one attached hydrogen (secondary N) is 3. The zero-order chi connectivity index (χ0) is 23.4. The van der Waals surface area contributed by atoms with Crippen LogP contribution in [-0.4, -0.2) is 40.1 Å². The van der Waals surface area contributed by atoms with Crippen LogP contribution in [0.15, 0.2) is 48.7 Å². The van der Waals surface area contributed by atoms with Crippen LogP contribution in [0.1, 0.15) is 58.7 Å². The highest BCUT2D eigenvalue weighted by atomic mass is 35.5. The fraction of sp³-hybridized carbons (Fsp3) is 0.320. The summed E-state index contributed by atoms with van der Waals surface area (Å²) in [6.07, 6.45) is 4.16. The summed E-state index contributed by atoms with van der Waals surface area (Å²) in [7, 11) is 0. The number of halogens is 1. The van der Waals surface area contributed by atoms with Crippen LogP contribution in [0.3, 0.4) is 0 Å². The summed E-state index contributed by atoms with van der Waals surface area (Å²) in [5, 5.41) is 7.52. The number of rotatable bonds is 7. The Morgan fingerprint density at radius 1 is 1.30 bits per heavy atom. The highest BCUT2D eigenvalue weighted by Crippen LogP contribution is 2.26. The minimum atomic E-state index is -0.0564. The van der Waals surface area contributed by atoms with E-state index in [-0.39, 0.29) is 17.8 Å². The third-order valence-corrected chi connectivity index (χ3v) is 6.34. The number of carbonyl (C=O) groups is 1. The van der Waals surface area contributed by atoms with Crippen LogP contribution in [0, 0.1) is 6.92 Å². The van der Waals surface area contributed by atoms with Gasteiger partial charge in [-0.25, -0.2) is 0 Å². The average molecular weight is 483 g/mol. The molecule has 172 valence electrons. The molecule has 6 nitrogen and oxygen atoms in total. The van der Waals surface area contributed by atoms with Gasteiger partial charge in [0.1, 0.15) is 0 Å². The normalized spacial score (nSPS) is 16.4. The van der Waals surface area contributed by atoms with Crippen molar-refractivity contribution in [1.29, 1.82) is 0 Å². The van der Waals surface area contributed by atoms with Gasteiger partial charge in [-0.15, -0.1) is 0 Å².